The highest BCUT2D eigenvalue weighted by Crippen LogP contribution is 2.67. The molecule has 0 radical (unpaired) electrons. The number of allylic oxidation sites excluding steroid dienone is 2. The van der Waals surface area contributed by atoms with Gasteiger partial charge in [-0.2, -0.15) is 0 Å². The van der Waals surface area contributed by atoms with Crippen molar-refractivity contribution in [3.8, 4) is 0 Å². The minimum atomic E-state index is -0.860. The molecule has 4 aliphatic rings. The van der Waals surface area contributed by atoms with E-state index in [4.69, 9.17) is 0 Å². The molecule has 2 N–H and O–H groups in total. The fourth-order valence-electron chi connectivity index (χ4n) is 7.08. The summed E-state index contributed by atoms with van der Waals surface area (Å²) in [6.45, 7) is 6.58. The average Bonchev–Trinajstić information content (AvgIpc) is 2.82. The zero-order chi connectivity index (χ0) is 16.6. The number of aliphatic hydroxyl groups excluding tert-OH is 2. The predicted molar refractivity (Wildman–Crippen MR) is 88.6 cm³/mol. The van der Waals surface area contributed by atoms with Crippen molar-refractivity contribution >= 4 is 5.78 Å². The van der Waals surface area contributed by atoms with Crippen molar-refractivity contribution in [3.63, 3.8) is 0 Å². The maximum atomic E-state index is 12.6. The van der Waals surface area contributed by atoms with Gasteiger partial charge >= 0.3 is 0 Å². The number of rotatable bonds is 1. The van der Waals surface area contributed by atoms with Crippen LogP contribution in [0.2, 0.25) is 0 Å². The SMILES string of the molecule is C[C@@]12C=C[C@@H](C1)[C@H]1CC[C@@H]3[C@](C)(CO)CC(=O)[C@H](O)[C@@]3(C)[C@@H]1C2. The van der Waals surface area contributed by atoms with Gasteiger partial charge in [0.1, 0.15) is 6.10 Å². The van der Waals surface area contributed by atoms with Gasteiger partial charge in [0, 0.05) is 23.9 Å². The first kappa shape index (κ1) is 15.8. The lowest BCUT2D eigenvalue weighted by Crippen LogP contribution is -2.64. The summed E-state index contributed by atoms with van der Waals surface area (Å²) < 4.78 is 0. The summed E-state index contributed by atoms with van der Waals surface area (Å²) in [5.41, 5.74) is -0.533. The van der Waals surface area contributed by atoms with E-state index >= 15 is 0 Å². The fourth-order valence-corrected chi connectivity index (χ4v) is 7.08. The molecular formula is C20H30O3. The molecular weight excluding hydrogens is 288 g/mol. The van der Waals surface area contributed by atoms with Crippen LogP contribution in [0.5, 0.6) is 0 Å². The van der Waals surface area contributed by atoms with Crippen molar-refractivity contribution in [1.29, 1.82) is 0 Å². The molecule has 0 heterocycles. The van der Waals surface area contributed by atoms with Crippen molar-refractivity contribution in [2.24, 2.45) is 39.9 Å². The number of ketones is 1. The third kappa shape index (κ3) is 1.93. The summed E-state index contributed by atoms with van der Waals surface area (Å²) in [6, 6.07) is 0. The molecule has 0 aliphatic heterocycles. The van der Waals surface area contributed by atoms with Crippen LogP contribution >= 0.6 is 0 Å². The van der Waals surface area contributed by atoms with Gasteiger partial charge < -0.3 is 10.2 Å². The Hall–Kier alpha value is -0.670. The van der Waals surface area contributed by atoms with Crippen LogP contribution in [0, 0.1) is 39.9 Å². The van der Waals surface area contributed by atoms with Crippen LogP contribution in [0.15, 0.2) is 12.2 Å². The smallest absolute Gasteiger partial charge is 0.162 e. The second-order valence-corrected chi connectivity index (χ2v) is 9.71. The summed E-state index contributed by atoms with van der Waals surface area (Å²) in [6.07, 6.45) is 8.75. The summed E-state index contributed by atoms with van der Waals surface area (Å²) in [4.78, 5) is 12.6. The monoisotopic (exact) mass is 318 g/mol. The first-order chi connectivity index (χ1) is 10.7. The van der Waals surface area contributed by atoms with Crippen LogP contribution in [0.25, 0.3) is 0 Å². The molecule has 3 fully saturated rings. The molecule has 4 aliphatic carbocycles. The number of carbonyl (C=O) groups is 1. The van der Waals surface area contributed by atoms with Crippen molar-refractivity contribution in [1.82, 2.24) is 0 Å². The average molecular weight is 318 g/mol. The third-order valence-electron chi connectivity index (χ3n) is 8.21. The molecule has 0 saturated heterocycles. The van der Waals surface area contributed by atoms with Gasteiger partial charge in [0.25, 0.3) is 0 Å². The summed E-state index contributed by atoms with van der Waals surface area (Å²) in [7, 11) is 0. The Kier molecular flexibility index (Phi) is 3.23. The van der Waals surface area contributed by atoms with E-state index in [-0.39, 0.29) is 34.6 Å². The molecule has 3 heteroatoms. The number of Topliss-reactive ketones (excluding diaryl/α,β-unsaturated/α-hetero) is 1. The second-order valence-electron chi connectivity index (χ2n) is 9.71. The van der Waals surface area contributed by atoms with Crippen LogP contribution in [-0.2, 0) is 4.79 Å². The van der Waals surface area contributed by atoms with E-state index in [1.54, 1.807) is 0 Å². The lowest BCUT2D eigenvalue weighted by atomic mass is 9.41. The minimum absolute atomic E-state index is 0.0437. The molecule has 128 valence electrons. The highest BCUT2D eigenvalue weighted by Gasteiger charge is 2.65. The van der Waals surface area contributed by atoms with E-state index < -0.39 is 6.10 Å². The Morgan fingerprint density at radius 3 is 2.65 bits per heavy atom. The number of hydrogen-bond acceptors (Lipinski definition) is 3. The molecule has 3 saturated carbocycles. The molecule has 0 amide bonds. The van der Waals surface area contributed by atoms with Gasteiger partial charge in [0.05, 0.1) is 0 Å². The molecule has 0 aromatic heterocycles. The molecule has 23 heavy (non-hydrogen) atoms. The van der Waals surface area contributed by atoms with Gasteiger partial charge in [-0.3, -0.25) is 4.79 Å². The Balaban J connectivity index is 1.79. The Morgan fingerprint density at radius 1 is 1.22 bits per heavy atom. The van der Waals surface area contributed by atoms with Gasteiger partial charge in [0.15, 0.2) is 5.78 Å². The summed E-state index contributed by atoms with van der Waals surface area (Å²) in [5, 5.41) is 20.9. The normalized spacial score (nSPS) is 58.0. The van der Waals surface area contributed by atoms with Crippen LogP contribution in [0.1, 0.15) is 52.9 Å². The maximum absolute atomic E-state index is 12.6. The van der Waals surface area contributed by atoms with Crippen LogP contribution in [-0.4, -0.2) is 28.7 Å². The van der Waals surface area contributed by atoms with E-state index in [0.29, 0.717) is 24.2 Å². The van der Waals surface area contributed by atoms with Crippen molar-refractivity contribution in [2.45, 2.75) is 59.0 Å². The molecule has 0 aromatic rings. The van der Waals surface area contributed by atoms with Crippen molar-refractivity contribution in [2.75, 3.05) is 6.61 Å². The minimum Gasteiger partial charge on any atom is -0.396 e. The van der Waals surface area contributed by atoms with Crippen molar-refractivity contribution < 1.29 is 15.0 Å². The molecule has 0 unspecified atom stereocenters. The van der Waals surface area contributed by atoms with Gasteiger partial charge in [-0.1, -0.05) is 32.9 Å². The lowest BCUT2D eigenvalue weighted by molar-refractivity contribution is -0.198. The number of hydrogen-bond donors (Lipinski definition) is 2. The Morgan fingerprint density at radius 2 is 1.96 bits per heavy atom. The summed E-state index contributed by atoms with van der Waals surface area (Å²) >= 11 is 0. The van der Waals surface area contributed by atoms with Crippen LogP contribution < -0.4 is 0 Å². The van der Waals surface area contributed by atoms with Crippen LogP contribution in [0.4, 0.5) is 0 Å². The van der Waals surface area contributed by atoms with Gasteiger partial charge in [-0.15, -0.1) is 0 Å². The first-order valence-corrected chi connectivity index (χ1v) is 9.24. The number of aliphatic hydroxyl groups is 2. The molecule has 0 aromatic carbocycles. The second kappa shape index (κ2) is 4.70. The predicted octanol–water partition coefficient (Wildman–Crippen LogP) is 2.95. The number of fused-ring (bicyclic) bond motifs is 6. The Bertz CT molecular complexity index is 569. The maximum Gasteiger partial charge on any atom is 0.162 e. The third-order valence-corrected chi connectivity index (χ3v) is 8.21. The molecule has 4 rings (SSSR count). The molecule has 0 spiro atoms. The highest BCUT2D eigenvalue weighted by atomic mass is 16.3. The zero-order valence-electron chi connectivity index (χ0n) is 14.6. The molecule has 3 nitrogen and oxygen atoms in total. The first-order valence-electron chi connectivity index (χ1n) is 9.24. The zero-order valence-corrected chi connectivity index (χ0v) is 14.6. The van der Waals surface area contributed by atoms with E-state index in [9.17, 15) is 15.0 Å². The molecule has 8 atom stereocenters. The largest absolute Gasteiger partial charge is 0.396 e. The van der Waals surface area contributed by atoms with Gasteiger partial charge in [0.2, 0.25) is 0 Å². The highest BCUT2D eigenvalue weighted by molar-refractivity contribution is 5.85. The standard InChI is InChI=1S/C20H30O3/c1-18-7-6-12(8-18)13-4-5-16-19(2,11-21)10-15(22)17(23)20(16,3)14(13)9-18/h6-7,12-14,16-17,21,23H,4-5,8-11H2,1-3H3/t12-,13+,14+,16+,17-,18+,19-,20-/m0/s1. The van der Waals surface area contributed by atoms with E-state index in [1.807, 2.05) is 0 Å². The van der Waals surface area contributed by atoms with Gasteiger partial charge in [-0.25, -0.2) is 0 Å². The van der Waals surface area contributed by atoms with E-state index in [0.717, 1.165) is 12.8 Å². The quantitative estimate of drug-likeness (QED) is 0.731. The molecule has 2 bridgehead atoms. The Labute approximate surface area is 139 Å². The topological polar surface area (TPSA) is 57.5 Å². The van der Waals surface area contributed by atoms with E-state index in [1.165, 1.54) is 12.8 Å². The van der Waals surface area contributed by atoms with Crippen LogP contribution in [0.3, 0.4) is 0 Å². The fraction of sp³-hybridized carbons (Fsp3) is 0.850. The number of carbonyl (C=O) groups excluding carboxylic acids is 1. The lowest BCUT2D eigenvalue weighted by Gasteiger charge is -2.63. The van der Waals surface area contributed by atoms with Gasteiger partial charge in [-0.05, 0) is 54.8 Å². The summed E-state index contributed by atoms with van der Waals surface area (Å²) in [5.74, 6) is 1.75. The van der Waals surface area contributed by atoms with E-state index in [2.05, 4.69) is 32.9 Å². The van der Waals surface area contributed by atoms with Crippen molar-refractivity contribution in [3.05, 3.63) is 12.2 Å².